The number of pyridine rings is 1. The second-order valence-electron chi connectivity index (χ2n) is 4.26. The number of hydrogen-bond donors (Lipinski definition) is 1. The molecule has 1 N–H and O–H groups in total. The van der Waals surface area contributed by atoms with Crippen LogP contribution >= 0.6 is 27.3 Å². The Hall–Kier alpha value is -1.80. The predicted molar refractivity (Wildman–Crippen MR) is 81.2 cm³/mol. The number of halogens is 1. The third-order valence-corrected chi connectivity index (χ3v) is 4.25. The lowest BCUT2D eigenvalue weighted by Crippen LogP contribution is -2.35. The van der Waals surface area contributed by atoms with E-state index in [0.717, 1.165) is 0 Å². The highest BCUT2D eigenvalue weighted by Gasteiger charge is 2.23. The molecule has 0 atom stereocenters. The van der Waals surface area contributed by atoms with Crippen LogP contribution in [-0.2, 0) is 11.3 Å². The Kier molecular flexibility index (Phi) is 5.03. The lowest BCUT2D eigenvalue weighted by molar-refractivity contribution is -0.137. The molecule has 0 aliphatic rings. The maximum atomic E-state index is 12.5. The predicted octanol–water partition coefficient (Wildman–Crippen LogP) is 2.34. The Labute approximate surface area is 133 Å². The highest BCUT2D eigenvalue weighted by Crippen LogP contribution is 2.24. The lowest BCUT2D eigenvalue weighted by Gasteiger charge is -2.19. The standard InChI is InChI=1S/C13H12BrN3O3S/c1-8-11(21-13(14)16-8)12(20)17(7-10(18)19)6-9-4-2-3-5-15-9/h2-5H,6-7H2,1H3,(H,18,19). The van der Waals surface area contributed by atoms with Crippen molar-refractivity contribution in [1.82, 2.24) is 14.9 Å². The van der Waals surface area contributed by atoms with E-state index >= 15 is 0 Å². The van der Waals surface area contributed by atoms with Crippen LogP contribution in [0, 0.1) is 6.92 Å². The molecule has 6 nitrogen and oxygen atoms in total. The molecule has 2 rings (SSSR count). The normalized spacial score (nSPS) is 10.4. The Balaban J connectivity index is 2.25. The van der Waals surface area contributed by atoms with Gasteiger partial charge in [0.2, 0.25) is 0 Å². The van der Waals surface area contributed by atoms with Gasteiger partial charge in [-0.2, -0.15) is 0 Å². The zero-order valence-electron chi connectivity index (χ0n) is 11.1. The van der Waals surface area contributed by atoms with Crippen molar-refractivity contribution >= 4 is 39.1 Å². The number of nitrogens with zero attached hydrogens (tertiary/aromatic N) is 3. The van der Waals surface area contributed by atoms with Gasteiger partial charge in [0.1, 0.15) is 11.4 Å². The van der Waals surface area contributed by atoms with Gasteiger partial charge in [0, 0.05) is 6.20 Å². The number of thiazole rings is 1. The van der Waals surface area contributed by atoms with Crippen molar-refractivity contribution in [1.29, 1.82) is 0 Å². The highest BCUT2D eigenvalue weighted by atomic mass is 79.9. The molecule has 1 amide bonds. The van der Waals surface area contributed by atoms with E-state index in [9.17, 15) is 9.59 Å². The minimum atomic E-state index is -1.07. The van der Waals surface area contributed by atoms with Crippen LogP contribution in [0.25, 0.3) is 0 Å². The van der Waals surface area contributed by atoms with Gasteiger partial charge >= 0.3 is 5.97 Å². The van der Waals surface area contributed by atoms with E-state index in [4.69, 9.17) is 5.11 Å². The minimum Gasteiger partial charge on any atom is -0.480 e. The number of aliphatic carboxylic acids is 1. The first-order chi connectivity index (χ1) is 9.97. The van der Waals surface area contributed by atoms with Crippen molar-refractivity contribution in [3.63, 3.8) is 0 Å². The van der Waals surface area contributed by atoms with Gasteiger partial charge in [-0.3, -0.25) is 14.6 Å². The quantitative estimate of drug-likeness (QED) is 0.874. The second-order valence-corrected chi connectivity index (χ2v) is 6.53. The monoisotopic (exact) mass is 369 g/mol. The van der Waals surface area contributed by atoms with Crippen LogP contribution in [0.2, 0.25) is 0 Å². The van der Waals surface area contributed by atoms with Crippen LogP contribution in [0.15, 0.2) is 28.3 Å². The molecule has 8 heteroatoms. The number of carboxylic acid groups (broad SMARTS) is 1. The van der Waals surface area contributed by atoms with E-state index in [-0.39, 0.29) is 19.0 Å². The molecule has 2 aromatic heterocycles. The summed E-state index contributed by atoms with van der Waals surface area (Å²) < 4.78 is 0.594. The fraction of sp³-hybridized carbons (Fsp3) is 0.231. The van der Waals surface area contributed by atoms with Crippen LogP contribution < -0.4 is 0 Å². The van der Waals surface area contributed by atoms with E-state index < -0.39 is 5.97 Å². The first kappa shape index (κ1) is 15.6. The molecule has 2 aromatic rings. The van der Waals surface area contributed by atoms with E-state index in [0.29, 0.717) is 20.2 Å². The number of aryl methyl sites for hydroxylation is 1. The summed E-state index contributed by atoms with van der Waals surface area (Å²) >= 11 is 4.42. The summed E-state index contributed by atoms with van der Waals surface area (Å²) in [5.74, 6) is -1.43. The van der Waals surface area contributed by atoms with E-state index in [1.807, 2.05) is 0 Å². The second kappa shape index (κ2) is 6.77. The van der Waals surface area contributed by atoms with E-state index in [1.165, 1.54) is 16.2 Å². The topological polar surface area (TPSA) is 83.4 Å². The van der Waals surface area contributed by atoms with Crippen LogP contribution in [0.5, 0.6) is 0 Å². The fourth-order valence-corrected chi connectivity index (χ4v) is 3.27. The molecule has 0 spiro atoms. The number of aromatic nitrogens is 2. The van der Waals surface area contributed by atoms with Gasteiger partial charge in [0.05, 0.1) is 17.9 Å². The molecule has 0 bridgehead atoms. The molecule has 0 saturated carbocycles. The first-order valence-corrected chi connectivity index (χ1v) is 7.62. The minimum absolute atomic E-state index is 0.140. The average molecular weight is 370 g/mol. The number of hydrogen-bond acceptors (Lipinski definition) is 5. The molecule has 0 aromatic carbocycles. The number of carbonyl (C=O) groups excluding carboxylic acids is 1. The Morgan fingerprint density at radius 3 is 2.71 bits per heavy atom. The molecule has 0 fully saturated rings. The molecule has 0 radical (unpaired) electrons. The van der Waals surface area contributed by atoms with Gasteiger partial charge in [-0.15, -0.1) is 11.3 Å². The summed E-state index contributed by atoms with van der Waals surface area (Å²) in [5.41, 5.74) is 1.21. The Morgan fingerprint density at radius 1 is 1.43 bits per heavy atom. The SMILES string of the molecule is Cc1nc(Br)sc1C(=O)N(CC(=O)O)Cc1ccccn1. The number of carboxylic acids is 1. The molecule has 110 valence electrons. The fourth-order valence-electron chi connectivity index (χ4n) is 1.76. The van der Waals surface area contributed by atoms with Gasteiger partial charge in [-0.05, 0) is 35.0 Å². The number of rotatable bonds is 5. The Bertz CT molecular complexity index is 660. The van der Waals surface area contributed by atoms with Crippen LogP contribution in [-0.4, -0.2) is 38.4 Å². The number of carbonyl (C=O) groups is 2. The zero-order chi connectivity index (χ0) is 15.4. The smallest absolute Gasteiger partial charge is 0.323 e. The third-order valence-electron chi connectivity index (χ3n) is 2.66. The summed E-state index contributed by atoms with van der Waals surface area (Å²) in [5, 5.41) is 9.00. The maximum absolute atomic E-state index is 12.5. The summed E-state index contributed by atoms with van der Waals surface area (Å²) in [7, 11) is 0. The molecule has 0 aliphatic carbocycles. The Morgan fingerprint density at radius 2 is 2.19 bits per heavy atom. The van der Waals surface area contributed by atoms with Crippen molar-refractivity contribution < 1.29 is 14.7 Å². The summed E-state index contributed by atoms with van der Waals surface area (Å²) in [6.45, 7) is 1.47. The third kappa shape index (κ3) is 4.08. The van der Waals surface area contributed by atoms with E-state index in [2.05, 4.69) is 25.9 Å². The number of amides is 1. The molecular formula is C13H12BrN3O3S. The maximum Gasteiger partial charge on any atom is 0.323 e. The van der Waals surface area contributed by atoms with Crippen molar-refractivity contribution in [2.45, 2.75) is 13.5 Å². The van der Waals surface area contributed by atoms with Gasteiger partial charge in [-0.1, -0.05) is 6.07 Å². The van der Waals surface area contributed by atoms with E-state index in [1.54, 1.807) is 31.3 Å². The summed E-state index contributed by atoms with van der Waals surface area (Å²) in [6, 6.07) is 5.30. The van der Waals surface area contributed by atoms with Crippen LogP contribution in [0.1, 0.15) is 21.1 Å². The van der Waals surface area contributed by atoms with Gasteiger partial charge in [-0.25, -0.2) is 4.98 Å². The van der Waals surface area contributed by atoms with Crippen LogP contribution in [0.4, 0.5) is 0 Å². The molecule has 0 unspecified atom stereocenters. The van der Waals surface area contributed by atoms with Gasteiger partial charge in [0.25, 0.3) is 5.91 Å². The molecule has 0 saturated heterocycles. The average Bonchev–Trinajstić information content (AvgIpc) is 2.77. The largest absolute Gasteiger partial charge is 0.480 e. The van der Waals surface area contributed by atoms with Crippen molar-refractivity contribution in [3.8, 4) is 0 Å². The van der Waals surface area contributed by atoms with Crippen molar-refractivity contribution in [3.05, 3.63) is 44.6 Å². The molecule has 0 aliphatic heterocycles. The van der Waals surface area contributed by atoms with Gasteiger partial charge < -0.3 is 10.0 Å². The lowest BCUT2D eigenvalue weighted by atomic mass is 10.3. The summed E-state index contributed by atoms with van der Waals surface area (Å²) in [6.07, 6.45) is 1.60. The van der Waals surface area contributed by atoms with Crippen LogP contribution in [0.3, 0.4) is 0 Å². The molecule has 21 heavy (non-hydrogen) atoms. The van der Waals surface area contributed by atoms with Gasteiger partial charge in [0.15, 0.2) is 3.92 Å². The van der Waals surface area contributed by atoms with Crippen molar-refractivity contribution in [2.24, 2.45) is 0 Å². The highest BCUT2D eigenvalue weighted by molar-refractivity contribution is 9.11. The summed E-state index contributed by atoms with van der Waals surface area (Å²) in [4.78, 5) is 33.4. The molecular weight excluding hydrogens is 358 g/mol. The first-order valence-electron chi connectivity index (χ1n) is 6.01. The van der Waals surface area contributed by atoms with Crippen molar-refractivity contribution in [2.75, 3.05) is 6.54 Å². The molecule has 2 heterocycles. The zero-order valence-corrected chi connectivity index (χ0v) is 13.5.